The summed E-state index contributed by atoms with van der Waals surface area (Å²) in [6, 6.07) is 0. The summed E-state index contributed by atoms with van der Waals surface area (Å²) in [6.07, 6.45) is 8.38. The van der Waals surface area contributed by atoms with Crippen LogP contribution in [-0.4, -0.2) is 27.3 Å². The number of aryl methyl sites for hydroxylation is 2. The van der Waals surface area contributed by atoms with E-state index in [2.05, 4.69) is 23.3 Å². The van der Waals surface area contributed by atoms with Crippen LogP contribution >= 0.6 is 0 Å². The standard InChI is InChI=1S/C13H17N3O2/c1-9-4-6-11(7-5-9)18-13-12(8-14-17)10(2)15-16(13)3/h4-6,8,11,17H,7H2,1-3H3/b14-8+. The number of hydrogen-bond donors (Lipinski definition) is 1. The van der Waals surface area contributed by atoms with Crippen molar-refractivity contribution in [1.29, 1.82) is 0 Å². The lowest BCUT2D eigenvalue weighted by atomic mass is 10.1. The molecule has 2 rings (SSSR count). The van der Waals surface area contributed by atoms with Crippen molar-refractivity contribution in [3.05, 3.63) is 35.1 Å². The van der Waals surface area contributed by atoms with E-state index in [1.807, 2.05) is 26.1 Å². The van der Waals surface area contributed by atoms with E-state index < -0.39 is 0 Å². The zero-order chi connectivity index (χ0) is 13.1. The molecule has 1 unspecified atom stereocenters. The summed E-state index contributed by atoms with van der Waals surface area (Å²) in [5.41, 5.74) is 2.73. The molecule has 1 heterocycles. The second kappa shape index (κ2) is 5.08. The van der Waals surface area contributed by atoms with Crippen LogP contribution < -0.4 is 4.74 Å². The molecule has 1 aromatic heterocycles. The van der Waals surface area contributed by atoms with E-state index >= 15 is 0 Å². The number of hydrogen-bond acceptors (Lipinski definition) is 4. The van der Waals surface area contributed by atoms with Crippen LogP contribution in [0.4, 0.5) is 0 Å². The Hall–Kier alpha value is -2.04. The molecule has 1 aliphatic carbocycles. The number of ether oxygens (including phenoxy) is 1. The minimum Gasteiger partial charge on any atom is -0.469 e. The van der Waals surface area contributed by atoms with Gasteiger partial charge in [-0.2, -0.15) is 5.10 Å². The van der Waals surface area contributed by atoms with Gasteiger partial charge in [0.1, 0.15) is 6.10 Å². The third-order valence-electron chi connectivity index (χ3n) is 2.91. The van der Waals surface area contributed by atoms with Gasteiger partial charge in [0.25, 0.3) is 0 Å². The van der Waals surface area contributed by atoms with Crippen LogP contribution in [0.15, 0.2) is 29.0 Å². The third-order valence-corrected chi connectivity index (χ3v) is 2.91. The van der Waals surface area contributed by atoms with Gasteiger partial charge in [0.05, 0.1) is 17.5 Å². The Balaban J connectivity index is 2.22. The van der Waals surface area contributed by atoms with E-state index in [1.54, 1.807) is 4.68 Å². The molecule has 1 aliphatic rings. The summed E-state index contributed by atoms with van der Waals surface area (Å²) in [7, 11) is 1.81. The van der Waals surface area contributed by atoms with Gasteiger partial charge in [-0.15, -0.1) is 0 Å². The summed E-state index contributed by atoms with van der Waals surface area (Å²) >= 11 is 0. The average molecular weight is 247 g/mol. The van der Waals surface area contributed by atoms with Gasteiger partial charge < -0.3 is 9.94 Å². The number of oxime groups is 1. The van der Waals surface area contributed by atoms with Gasteiger partial charge in [0.15, 0.2) is 0 Å². The number of allylic oxidation sites excluding steroid dienone is 2. The Morgan fingerprint density at radius 1 is 1.56 bits per heavy atom. The molecule has 5 heteroatoms. The van der Waals surface area contributed by atoms with Crippen molar-refractivity contribution in [3.63, 3.8) is 0 Å². The zero-order valence-electron chi connectivity index (χ0n) is 10.8. The van der Waals surface area contributed by atoms with Crippen molar-refractivity contribution in [3.8, 4) is 5.88 Å². The van der Waals surface area contributed by atoms with Gasteiger partial charge in [0.2, 0.25) is 5.88 Å². The van der Waals surface area contributed by atoms with Gasteiger partial charge >= 0.3 is 0 Å². The maximum absolute atomic E-state index is 8.67. The van der Waals surface area contributed by atoms with E-state index in [4.69, 9.17) is 9.94 Å². The predicted molar refractivity (Wildman–Crippen MR) is 69.3 cm³/mol. The van der Waals surface area contributed by atoms with Crippen molar-refractivity contribution in [2.24, 2.45) is 12.2 Å². The first-order valence-corrected chi connectivity index (χ1v) is 5.84. The Bertz CT molecular complexity index is 527. The van der Waals surface area contributed by atoms with Crippen molar-refractivity contribution in [2.45, 2.75) is 26.4 Å². The minimum atomic E-state index is -0.00524. The molecule has 0 fully saturated rings. The Morgan fingerprint density at radius 3 is 2.94 bits per heavy atom. The number of aromatic nitrogens is 2. The molecule has 0 aromatic carbocycles. The van der Waals surface area contributed by atoms with E-state index in [1.165, 1.54) is 11.8 Å². The van der Waals surface area contributed by atoms with Gasteiger partial charge in [0, 0.05) is 13.5 Å². The molecule has 0 saturated carbocycles. The molecule has 0 aliphatic heterocycles. The van der Waals surface area contributed by atoms with Gasteiger partial charge in [-0.25, -0.2) is 4.68 Å². The molecule has 0 radical (unpaired) electrons. The SMILES string of the molecule is CC1=CCC(Oc2c(/C=N/O)c(C)nn2C)C=C1. The lowest BCUT2D eigenvalue weighted by Crippen LogP contribution is -2.17. The van der Waals surface area contributed by atoms with Crippen LogP contribution in [0, 0.1) is 6.92 Å². The molecule has 1 atom stereocenters. The summed E-state index contributed by atoms with van der Waals surface area (Å²) in [4.78, 5) is 0. The van der Waals surface area contributed by atoms with E-state index in [0.717, 1.165) is 12.1 Å². The lowest BCUT2D eigenvalue weighted by Gasteiger charge is -2.17. The Kier molecular flexibility index (Phi) is 3.50. The zero-order valence-corrected chi connectivity index (χ0v) is 10.8. The second-order valence-corrected chi connectivity index (χ2v) is 4.37. The van der Waals surface area contributed by atoms with Gasteiger partial charge in [-0.3, -0.25) is 0 Å². The topological polar surface area (TPSA) is 59.6 Å². The van der Waals surface area contributed by atoms with Crippen LogP contribution in [0.3, 0.4) is 0 Å². The molecule has 0 saturated heterocycles. The highest BCUT2D eigenvalue weighted by Crippen LogP contribution is 2.23. The minimum absolute atomic E-state index is 0.00524. The molecule has 1 aromatic rings. The number of rotatable bonds is 3. The summed E-state index contributed by atoms with van der Waals surface area (Å²) in [5, 5.41) is 16.0. The maximum Gasteiger partial charge on any atom is 0.221 e. The quantitative estimate of drug-likeness (QED) is 0.506. The Morgan fingerprint density at radius 2 is 2.33 bits per heavy atom. The smallest absolute Gasteiger partial charge is 0.221 e. The fraction of sp³-hybridized carbons (Fsp3) is 0.385. The maximum atomic E-state index is 8.67. The first-order valence-electron chi connectivity index (χ1n) is 5.84. The van der Waals surface area contributed by atoms with Crippen molar-refractivity contribution < 1.29 is 9.94 Å². The summed E-state index contributed by atoms with van der Waals surface area (Å²) < 4.78 is 7.56. The van der Waals surface area contributed by atoms with Crippen molar-refractivity contribution >= 4 is 6.21 Å². The molecule has 18 heavy (non-hydrogen) atoms. The number of nitrogens with zero attached hydrogens (tertiary/aromatic N) is 3. The first-order chi connectivity index (χ1) is 8.61. The molecular weight excluding hydrogens is 230 g/mol. The summed E-state index contributed by atoms with van der Waals surface area (Å²) in [6.45, 7) is 3.91. The van der Waals surface area contributed by atoms with E-state index in [0.29, 0.717) is 11.4 Å². The molecule has 0 bridgehead atoms. The van der Waals surface area contributed by atoms with E-state index in [9.17, 15) is 0 Å². The monoisotopic (exact) mass is 247 g/mol. The van der Waals surface area contributed by atoms with Gasteiger partial charge in [-0.05, 0) is 19.9 Å². The summed E-state index contributed by atoms with van der Waals surface area (Å²) in [5.74, 6) is 0.618. The van der Waals surface area contributed by atoms with Crippen molar-refractivity contribution in [1.82, 2.24) is 9.78 Å². The van der Waals surface area contributed by atoms with Crippen LogP contribution in [0.5, 0.6) is 5.88 Å². The largest absolute Gasteiger partial charge is 0.469 e. The van der Waals surface area contributed by atoms with Crippen LogP contribution in [0.25, 0.3) is 0 Å². The predicted octanol–water partition coefficient (Wildman–Crippen LogP) is 2.19. The highest BCUT2D eigenvalue weighted by molar-refractivity contribution is 5.83. The molecule has 1 N–H and O–H groups in total. The van der Waals surface area contributed by atoms with Crippen molar-refractivity contribution in [2.75, 3.05) is 0 Å². The average Bonchev–Trinajstić information content (AvgIpc) is 2.59. The normalized spacial score (nSPS) is 19.3. The highest BCUT2D eigenvalue weighted by atomic mass is 16.5. The molecule has 0 spiro atoms. The van der Waals surface area contributed by atoms with Crippen LogP contribution in [0.2, 0.25) is 0 Å². The molecule has 5 nitrogen and oxygen atoms in total. The van der Waals surface area contributed by atoms with Crippen LogP contribution in [-0.2, 0) is 7.05 Å². The first kappa shape index (κ1) is 12.4. The fourth-order valence-corrected chi connectivity index (χ4v) is 1.94. The molecule has 0 amide bonds. The fourth-order valence-electron chi connectivity index (χ4n) is 1.94. The highest BCUT2D eigenvalue weighted by Gasteiger charge is 2.17. The van der Waals surface area contributed by atoms with Crippen LogP contribution in [0.1, 0.15) is 24.6 Å². The molecular formula is C13H17N3O2. The third kappa shape index (κ3) is 2.45. The molecule has 96 valence electrons. The second-order valence-electron chi connectivity index (χ2n) is 4.37. The van der Waals surface area contributed by atoms with Gasteiger partial charge in [-0.1, -0.05) is 22.9 Å². The Labute approximate surface area is 106 Å². The van der Waals surface area contributed by atoms with E-state index in [-0.39, 0.29) is 6.10 Å². The lowest BCUT2D eigenvalue weighted by molar-refractivity contribution is 0.229.